The maximum absolute atomic E-state index is 14.4. The number of aliphatic hydroxyl groups excluding tert-OH is 1. The minimum absolute atomic E-state index is 0.119. The molecule has 7 aliphatic rings. The molecule has 4 heterocycles. The van der Waals surface area contributed by atoms with Gasteiger partial charge in [0.1, 0.15) is 11.5 Å². The van der Waals surface area contributed by atoms with E-state index >= 15 is 0 Å². The molecule has 0 amide bonds. The van der Waals surface area contributed by atoms with E-state index < -0.39 is 17.2 Å². The number of carbonyl (C=O) groups is 2. The number of esters is 1. The zero-order valence-corrected chi connectivity index (χ0v) is 22.6. The molecule has 7 fully saturated rings. The molecule has 0 aromatic rings. The van der Waals surface area contributed by atoms with Gasteiger partial charge in [0.15, 0.2) is 5.72 Å². The molecule has 0 radical (unpaired) electrons. The van der Waals surface area contributed by atoms with Gasteiger partial charge in [0.25, 0.3) is 0 Å². The van der Waals surface area contributed by atoms with Crippen molar-refractivity contribution in [3.8, 4) is 0 Å². The van der Waals surface area contributed by atoms with E-state index in [-0.39, 0.29) is 52.3 Å². The molecule has 6 heteroatoms. The number of ether oxygens (including phenoxy) is 2. The molecule has 4 aliphatic heterocycles. The fourth-order valence-corrected chi connectivity index (χ4v) is 11.5. The van der Waals surface area contributed by atoms with Crippen molar-refractivity contribution < 1.29 is 24.2 Å². The second-order valence-electron chi connectivity index (χ2n) is 14.7. The minimum Gasteiger partial charge on any atom is -0.443 e. The van der Waals surface area contributed by atoms with Crippen molar-refractivity contribution in [2.24, 2.45) is 45.8 Å². The van der Waals surface area contributed by atoms with E-state index in [1.165, 1.54) is 0 Å². The topological polar surface area (TPSA) is 76.1 Å². The predicted molar refractivity (Wildman–Crippen MR) is 133 cm³/mol. The molecule has 3 saturated carbocycles. The number of carbonyl (C=O) groups excluding carboxylic acids is 2. The first-order chi connectivity index (χ1) is 16.8. The van der Waals surface area contributed by atoms with Gasteiger partial charge in [-0.3, -0.25) is 9.59 Å². The molecule has 0 unspecified atom stereocenters. The van der Waals surface area contributed by atoms with E-state index in [1.54, 1.807) is 0 Å². The molecule has 198 valence electrons. The van der Waals surface area contributed by atoms with Crippen LogP contribution in [0.25, 0.3) is 0 Å². The Labute approximate surface area is 215 Å². The van der Waals surface area contributed by atoms with E-state index in [2.05, 4.69) is 46.1 Å². The van der Waals surface area contributed by atoms with Gasteiger partial charge >= 0.3 is 5.97 Å². The number of aliphatic hydroxyl groups is 1. The van der Waals surface area contributed by atoms with E-state index in [0.717, 1.165) is 44.2 Å². The van der Waals surface area contributed by atoms with Crippen LogP contribution in [0.15, 0.2) is 12.2 Å². The second-order valence-corrected chi connectivity index (χ2v) is 14.7. The number of hydrogen-bond acceptors (Lipinski definition) is 6. The Kier molecular flexibility index (Phi) is 4.53. The standard InChI is InChI=1S/C30H43NO5/c1-16-9-19-14-31-29(12-16,35-19)8-7-28(6)27(5)13-23(33)36-30(28,31)15-26(4)21-10-17(2)22(32)11-20(21)18(3)24(34)25(26)27/h16,18-22,25,32H,2,7-15H2,1,3-6H3/t16-,18+,19+,20-,21+,22-,25-,26-,27+,28-,29-,30+/m0/s1. The van der Waals surface area contributed by atoms with Crippen molar-refractivity contribution >= 4 is 11.8 Å². The van der Waals surface area contributed by atoms with Gasteiger partial charge in [-0.2, -0.15) is 0 Å². The van der Waals surface area contributed by atoms with Gasteiger partial charge in [-0.1, -0.05) is 41.2 Å². The van der Waals surface area contributed by atoms with E-state index in [4.69, 9.17) is 9.47 Å². The Balaban J connectivity index is 1.44. The smallest absolute Gasteiger partial charge is 0.308 e. The van der Waals surface area contributed by atoms with Gasteiger partial charge in [0.05, 0.1) is 18.6 Å². The lowest BCUT2D eigenvalue weighted by molar-refractivity contribution is -0.380. The van der Waals surface area contributed by atoms with Crippen molar-refractivity contribution in [1.82, 2.24) is 4.90 Å². The summed E-state index contributed by atoms with van der Waals surface area (Å²) in [6.07, 6.45) is 5.81. The number of piperidine rings is 1. The molecule has 36 heavy (non-hydrogen) atoms. The highest BCUT2D eigenvalue weighted by atomic mass is 16.6. The third kappa shape index (κ3) is 2.47. The van der Waals surface area contributed by atoms with Crippen LogP contribution in [0.4, 0.5) is 0 Å². The first-order valence-electron chi connectivity index (χ1n) is 14.4. The minimum atomic E-state index is -0.776. The molecule has 12 atom stereocenters. The summed E-state index contributed by atoms with van der Waals surface area (Å²) in [5.74, 6) is 0.773. The third-order valence-corrected chi connectivity index (χ3v) is 13.1. The largest absolute Gasteiger partial charge is 0.443 e. The predicted octanol–water partition coefficient (Wildman–Crippen LogP) is 4.45. The van der Waals surface area contributed by atoms with Crippen LogP contribution in [-0.2, 0) is 19.1 Å². The molecule has 0 aromatic carbocycles. The number of hydrogen-bond donors (Lipinski definition) is 1. The lowest BCUT2D eigenvalue weighted by atomic mass is 9.33. The lowest BCUT2D eigenvalue weighted by Crippen LogP contribution is -2.83. The Morgan fingerprint density at radius 1 is 1.11 bits per heavy atom. The maximum Gasteiger partial charge on any atom is 0.308 e. The van der Waals surface area contributed by atoms with E-state index in [9.17, 15) is 14.7 Å². The molecular formula is C30H43NO5. The molecule has 1 spiro atoms. The highest BCUT2D eigenvalue weighted by molar-refractivity contribution is 5.88. The Bertz CT molecular complexity index is 1070. The molecule has 3 aliphatic carbocycles. The summed E-state index contributed by atoms with van der Waals surface area (Å²) < 4.78 is 13.5. The highest BCUT2D eigenvalue weighted by Gasteiger charge is 2.82. The summed E-state index contributed by atoms with van der Waals surface area (Å²) in [7, 11) is 0. The first kappa shape index (κ1) is 23.8. The number of Topliss-reactive ketones (excluding diaryl/α,β-unsaturated/α-hetero) is 1. The molecule has 7 rings (SSSR count). The second kappa shape index (κ2) is 6.84. The van der Waals surface area contributed by atoms with Crippen LogP contribution in [0, 0.1) is 45.8 Å². The third-order valence-electron chi connectivity index (χ3n) is 13.1. The number of rotatable bonds is 0. The van der Waals surface area contributed by atoms with Crippen LogP contribution in [-0.4, -0.2) is 52.0 Å². The number of ketones is 1. The summed E-state index contributed by atoms with van der Waals surface area (Å²) in [5, 5.41) is 10.7. The molecule has 0 aromatic heterocycles. The van der Waals surface area contributed by atoms with Crippen molar-refractivity contribution in [3.63, 3.8) is 0 Å². The normalized spacial score (nSPS) is 59.9. The summed E-state index contributed by atoms with van der Waals surface area (Å²) in [6.45, 7) is 16.3. The fraction of sp³-hybridized carbons (Fsp3) is 0.867. The quantitative estimate of drug-likeness (QED) is 0.394. The van der Waals surface area contributed by atoms with Crippen molar-refractivity contribution in [3.05, 3.63) is 12.2 Å². The van der Waals surface area contributed by atoms with Crippen LogP contribution < -0.4 is 0 Å². The van der Waals surface area contributed by atoms with Crippen LogP contribution in [0.3, 0.4) is 0 Å². The zero-order chi connectivity index (χ0) is 25.6. The van der Waals surface area contributed by atoms with Crippen LogP contribution in [0.2, 0.25) is 0 Å². The van der Waals surface area contributed by atoms with Gasteiger partial charge in [-0.05, 0) is 72.7 Å². The van der Waals surface area contributed by atoms with Gasteiger partial charge in [-0.25, -0.2) is 4.90 Å². The van der Waals surface area contributed by atoms with Crippen molar-refractivity contribution in [1.29, 1.82) is 0 Å². The number of fused-ring (bicyclic) bond motifs is 5. The summed E-state index contributed by atoms with van der Waals surface area (Å²) in [6, 6.07) is 0. The Morgan fingerprint density at radius 2 is 1.86 bits per heavy atom. The van der Waals surface area contributed by atoms with Crippen molar-refractivity contribution in [2.45, 2.75) is 110 Å². The molecule has 4 saturated heterocycles. The molecular weight excluding hydrogens is 454 g/mol. The van der Waals surface area contributed by atoms with Gasteiger partial charge in [0.2, 0.25) is 0 Å². The van der Waals surface area contributed by atoms with Crippen molar-refractivity contribution in [2.75, 3.05) is 6.54 Å². The monoisotopic (exact) mass is 497 g/mol. The first-order valence-corrected chi connectivity index (χ1v) is 14.4. The van der Waals surface area contributed by atoms with Gasteiger partial charge < -0.3 is 14.6 Å². The summed E-state index contributed by atoms with van der Waals surface area (Å²) in [4.78, 5) is 30.4. The number of nitrogens with zero attached hydrogens (tertiary/aromatic N) is 1. The van der Waals surface area contributed by atoms with E-state index in [1.807, 2.05) is 0 Å². The van der Waals surface area contributed by atoms with Gasteiger partial charge in [0, 0.05) is 30.2 Å². The maximum atomic E-state index is 14.4. The fourth-order valence-electron chi connectivity index (χ4n) is 11.5. The van der Waals surface area contributed by atoms with Crippen LogP contribution in [0.5, 0.6) is 0 Å². The average Bonchev–Trinajstić information content (AvgIpc) is 3.06. The summed E-state index contributed by atoms with van der Waals surface area (Å²) >= 11 is 0. The SMILES string of the molecule is C=C1C[C@@H]2[C@@H](C[C@@H]1O)[C@@H](C)C(=O)[C@H]1[C@@]2(C)C[C@@]23OC(=O)C[C@@]1(C)[C@]2(C)CC[C@]12C[C@@H](C)C[C@H](CN13)O2. The van der Waals surface area contributed by atoms with Gasteiger partial charge in [-0.15, -0.1) is 0 Å². The van der Waals surface area contributed by atoms with Crippen LogP contribution in [0.1, 0.15) is 86.0 Å². The Morgan fingerprint density at radius 3 is 2.61 bits per heavy atom. The highest BCUT2D eigenvalue weighted by Crippen LogP contribution is 2.78. The van der Waals surface area contributed by atoms with E-state index in [0.29, 0.717) is 31.0 Å². The zero-order valence-electron chi connectivity index (χ0n) is 22.6. The average molecular weight is 498 g/mol. The molecule has 6 nitrogen and oxygen atoms in total. The van der Waals surface area contributed by atoms with Crippen LogP contribution >= 0.6 is 0 Å². The Hall–Kier alpha value is -1.24. The molecule has 1 N–H and O–H groups in total. The molecule has 4 bridgehead atoms. The summed E-state index contributed by atoms with van der Waals surface area (Å²) in [5.41, 5.74) is -1.42. The lowest BCUT2D eigenvalue weighted by Gasteiger charge is -2.77.